The van der Waals surface area contributed by atoms with Crippen molar-refractivity contribution in [3.63, 3.8) is 0 Å². The van der Waals surface area contributed by atoms with Crippen LogP contribution in [0.1, 0.15) is 23.5 Å². The number of fused-ring (bicyclic) bond motifs is 1. The fraction of sp³-hybridized carbons (Fsp3) is 0.136. The predicted octanol–water partition coefficient (Wildman–Crippen LogP) is 4.07. The standard InChI is InChI=1S/C22H21N5O3S/c1-13(28)25-20-11-21(27-26-20)29-12-17(14-6-3-2-4-7-14)30-16-8-5-9-18-15(16)10-19(31-18)22(23)24/h2-11,17H,12H2,1H3,(H3,23,24)(H2,25,26,27,28). The molecule has 5 N–H and O–H groups in total. The molecule has 8 nitrogen and oxygen atoms in total. The molecule has 0 saturated carbocycles. The summed E-state index contributed by atoms with van der Waals surface area (Å²) in [5.74, 6) is 1.32. The van der Waals surface area contributed by atoms with E-state index < -0.39 is 6.10 Å². The molecule has 0 aliphatic carbocycles. The number of H-pyrrole nitrogens is 1. The van der Waals surface area contributed by atoms with Crippen LogP contribution < -0.4 is 20.5 Å². The number of aromatic nitrogens is 2. The van der Waals surface area contributed by atoms with Gasteiger partial charge in [0, 0.05) is 23.1 Å². The molecule has 1 amide bonds. The molecule has 0 saturated heterocycles. The third-order valence-electron chi connectivity index (χ3n) is 4.48. The Hall–Kier alpha value is -3.85. The van der Waals surface area contributed by atoms with Crippen LogP contribution in [0.3, 0.4) is 0 Å². The van der Waals surface area contributed by atoms with E-state index in [9.17, 15) is 4.79 Å². The highest BCUT2D eigenvalue weighted by atomic mass is 32.1. The lowest BCUT2D eigenvalue weighted by Crippen LogP contribution is -2.17. The molecule has 2 aromatic carbocycles. The van der Waals surface area contributed by atoms with Crippen LogP contribution in [0.5, 0.6) is 11.6 Å². The van der Waals surface area contributed by atoms with E-state index in [1.165, 1.54) is 18.3 Å². The predicted molar refractivity (Wildman–Crippen MR) is 121 cm³/mol. The number of nitrogen functional groups attached to an aromatic ring is 1. The van der Waals surface area contributed by atoms with Crippen LogP contribution in [0, 0.1) is 5.41 Å². The Labute approximate surface area is 182 Å². The number of carbonyl (C=O) groups excluding carboxylic acids is 1. The first-order valence-corrected chi connectivity index (χ1v) is 10.4. The van der Waals surface area contributed by atoms with Crippen LogP contribution in [-0.4, -0.2) is 28.5 Å². The molecular weight excluding hydrogens is 414 g/mol. The molecule has 4 aromatic rings. The van der Waals surface area contributed by atoms with Crippen molar-refractivity contribution in [1.82, 2.24) is 10.2 Å². The number of rotatable bonds is 8. The van der Waals surface area contributed by atoms with Crippen molar-refractivity contribution >= 4 is 39.0 Å². The van der Waals surface area contributed by atoms with Crippen molar-refractivity contribution in [3.8, 4) is 11.6 Å². The molecule has 2 aromatic heterocycles. The molecule has 0 aliphatic heterocycles. The molecule has 1 unspecified atom stereocenters. The van der Waals surface area contributed by atoms with E-state index in [1.807, 2.05) is 54.6 Å². The highest BCUT2D eigenvalue weighted by Gasteiger charge is 2.18. The van der Waals surface area contributed by atoms with E-state index in [4.69, 9.17) is 20.6 Å². The lowest BCUT2D eigenvalue weighted by Gasteiger charge is -2.20. The van der Waals surface area contributed by atoms with Gasteiger partial charge in [-0.15, -0.1) is 16.4 Å². The summed E-state index contributed by atoms with van der Waals surface area (Å²) in [5.41, 5.74) is 6.60. The van der Waals surface area contributed by atoms with Gasteiger partial charge < -0.3 is 20.5 Å². The summed E-state index contributed by atoms with van der Waals surface area (Å²) in [5, 5.41) is 18.0. The van der Waals surface area contributed by atoms with Gasteiger partial charge in [-0.2, -0.15) is 0 Å². The number of hydrogen-bond acceptors (Lipinski definition) is 6. The van der Waals surface area contributed by atoms with Gasteiger partial charge in [0.25, 0.3) is 0 Å². The summed E-state index contributed by atoms with van der Waals surface area (Å²) in [6.45, 7) is 1.62. The summed E-state index contributed by atoms with van der Waals surface area (Å²) >= 11 is 1.45. The second-order valence-corrected chi connectivity index (χ2v) is 7.91. The molecule has 158 valence electrons. The van der Waals surface area contributed by atoms with Gasteiger partial charge in [0.15, 0.2) is 6.10 Å². The number of thiophene rings is 1. The number of aromatic amines is 1. The maximum absolute atomic E-state index is 11.2. The highest BCUT2D eigenvalue weighted by Crippen LogP contribution is 2.35. The minimum atomic E-state index is -0.409. The minimum absolute atomic E-state index is 0.0311. The van der Waals surface area contributed by atoms with Crippen molar-refractivity contribution < 1.29 is 14.3 Å². The molecule has 0 bridgehead atoms. The summed E-state index contributed by atoms with van der Waals surface area (Å²) in [7, 11) is 0. The zero-order valence-electron chi connectivity index (χ0n) is 16.7. The van der Waals surface area contributed by atoms with Gasteiger partial charge in [-0.25, -0.2) is 0 Å². The maximum Gasteiger partial charge on any atom is 0.234 e. The van der Waals surface area contributed by atoms with E-state index >= 15 is 0 Å². The van der Waals surface area contributed by atoms with Crippen LogP contribution >= 0.6 is 11.3 Å². The maximum atomic E-state index is 11.2. The van der Waals surface area contributed by atoms with Crippen molar-refractivity contribution in [3.05, 3.63) is 71.1 Å². The lowest BCUT2D eigenvalue weighted by atomic mass is 10.1. The van der Waals surface area contributed by atoms with Gasteiger partial charge in [0.2, 0.25) is 11.8 Å². The van der Waals surface area contributed by atoms with Gasteiger partial charge in [0.1, 0.15) is 24.0 Å². The number of benzene rings is 2. The third kappa shape index (κ3) is 4.84. The molecule has 31 heavy (non-hydrogen) atoms. The van der Waals surface area contributed by atoms with Crippen LogP contribution in [0.15, 0.2) is 60.7 Å². The van der Waals surface area contributed by atoms with Crippen molar-refractivity contribution in [1.29, 1.82) is 5.41 Å². The van der Waals surface area contributed by atoms with Crippen LogP contribution in [0.4, 0.5) is 5.82 Å². The Morgan fingerprint density at radius 2 is 2.03 bits per heavy atom. The average molecular weight is 436 g/mol. The second kappa shape index (κ2) is 8.88. The molecule has 2 heterocycles. The molecule has 0 fully saturated rings. The highest BCUT2D eigenvalue weighted by molar-refractivity contribution is 7.20. The van der Waals surface area contributed by atoms with Crippen molar-refractivity contribution in [2.24, 2.45) is 5.73 Å². The zero-order chi connectivity index (χ0) is 21.8. The molecular formula is C22H21N5O3S. The number of nitrogens with zero attached hydrogens (tertiary/aromatic N) is 1. The third-order valence-corrected chi connectivity index (χ3v) is 5.61. The quantitative estimate of drug-likeness (QED) is 0.245. The summed E-state index contributed by atoms with van der Waals surface area (Å²) < 4.78 is 13.2. The molecule has 9 heteroatoms. The van der Waals surface area contributed by atoms with Crippen molar-refractivity contribution in [2.75, 3.05) is 11.9 Å². The monoisotopic (exact) mass is 435 g/mol. The Morgan fingerprint density at radius 1 is 1.23 bits per heavy atom. The number of nitrogens with one attached hydrogen (secondary N) is 3. The van der Waals surface area contributed by atoms with Crippen molar-refractivity contribution in [2.45, 2.75) is 13.0 Å². The number of hydrogen-bond donors (Lipinski definition) is 4. The molecule has 1 atom stereocenters. The van der Waals surface area contributed by atoms with E-state index in [0.717, 1.165) is 15.6 Å². The molecule has 4 rings (SSSR count). The first kappa shape index (κ1) is 20.4. The number of amides is 1. The van der Waals surface area contributed by atoms with Gasteiger partial charge >= 0.3 is 0 Å². The Bertz CT molecular complexity index is 1220. The first-order valence-electron chi connectivity index (χ1n) is 9.54. The van der Waals surface area contributed by atoms with Crippen LogP contribution in [0.25, 0.3) is 10.1 Å². The van der Waals surface area contributed by atoms with E-state index in [1.54, 1.807) is 6.07 Å². The number of anilines is 1. The lowest BCUT2D eigenvalue weighted by molar-refractivity contribution is -0.114. The zero-order valence-corrected chi connectivity index (χ0v) is 17.5. The Kier molecular flexibility index (Phi) is 5.85. The smallest absolute Gasteiger partial charge is 0.234 e. The Balaban J connectivity index is 1.58. The fourth-order valence-electron chi connectivity index (χ4n) is 3.08. The van der Waals surface area contributed by atoms with Gasteiger partial charge in [0.05, 0.1) is 4.88 Å². The minimum Gasteiger partial charge on any atom is -0.481 e. The number of ether oxygens (including phenoxy) is 2. The van der Waals surface area contributed by atoms with E-state index in [2.05, 4.69) is 15.5 Å². The first-order chi connectivity index (χ1) is 15.0. The summed E-state index contributed by atoms with van der Waals surface area (Å²) in [6.07, 6.45) is -0.409. The van der Waals surface area contributed by atoms with Crippen LogP contribution in [-0.2, 0) is 4.79 Å². The molecule has 0 radical (unpaired) electrons. The topological polar surface area (TPSA) is 126 Å². The molecule has 0 aliphatic rings. The molecule has 0 spiro atoms. The van der Waals surface area contributed by atoms with E-state index in [0.29, 0.717) is 22.3 Å². The fourth-order valence-corrected chi connectivity index (χ4v) is 4.02. The van der Waals surface area contributed by atoms with E-state index in [-0.39, 0.29) is 18.3 Å². The SMILES string of the molecule is CC(=O)Nc1cc(OCC(Oc2cccc3sc(C(=N)N)cc23)c2ccccc2)n[nH]1. The summed E-state index contributed by atoms with van der Waals surface area (Å²) in [6, 6.07) is 19.0. The normalized spacial score (nSPS) is 11.8. The average Bonchev–Trinajstić information content (AvgIpc) is 3.38. The van der Waals surface area contributed by atoms with Gasteiger partial charge in [-0.1, -0.05) is 36.4 Å². The van der Waals surface area contributed by atoms with Gasteiger partial charge in [-0.3, -0.25) is 15.3 Å². The largest absolute Gasteiger partial charge is 0.481 e. The van der Waals surface area contributed by atoms with Crippen LogP contribution in [0.2, 0.25) is 0 Å². The second-order valence-electron chi connectivity index (χ2n) is 6.82. The number of amidine groups is 1. The number of nitrogens with two attached hydrogens (primary N) is 1. The number of carbonyl (C=O) groups is 1. The Morgan fingerprint density at radius 3 is 2.77 bits per heavy atom. The summed E-state index contributed by atoms with van der Waals surface area (Å²) in [4.78, 5) is 11.9. The van der Waals surface area contributed by atoms with Gasteiger partial charge in [-0.05, 0) is 23.8 Å².